The molecule has 0 bridgehead atoms. The van der Waals surface area contributed by atoms with E-state index in [1.165, 1.54) is 11.3 Å². The molecule has 2 aromatic heterocycles. The van der Waals surface area contributed by atoms with Crippen molar-refractivity contribution in [2.75, 3.05) is 17.0 Å². The number of aromatic nitrogens is 1. The predicted molar refractivity (Wildman–Crippen MR) is 102 cm³/mol. The van der Waals surface area contributed by atoms with Gasteiger partial charge in [0.25, 0.3) is 10.0 Å². The van der Waals surface area contributed by atoms with Crippen LogP contribution in [-0.4, -0.2) is 30.7 Å². The lowest BCUT2D eigenvalue weighted by molar-refractivity contribution is 0.603. The van der Waals surface area contributed by atoms with E-state index in [9.17, 15) is 8.42 Å². The quantitative estimate of drug-likeness (QED) is 0.726. The molecular weight excluding hydrogens is 362 g/mol. The Kier molecular flexibility index (Phi) is 3.90. The fraction of sp³-hybridized carbons (Fsp3) is 0.188. The van der Waals surface area contributed by atoms with Gasteiger partial charge < -0.3 is 4.98 Å². The summed E-state index contributed by atoms with van der Waals surface area (Å²) >= 11 is 2.92. The number of aliphatic imine (C=N–C) groups is 1. The minimum Gasteiger partial charge on any atom is -0.351 e. The highest BCUT2D eigenvalue weighted by Gasteiger charge is 2.20. The zero-order valence-electron chi connectivity index (χ0n) is 12.9. The summed E-state index contributed by atoms with van der Waals surface area (Å²) in [5.41, 5.74) is 3.20. The van der Waals surface area contributed by atoms with Crippen molar-refractivity contribution < 1.29 is 8.42 Å². The molecule has 0 amide bonds. The first-order valence-electron chi connectivity index (χ1n) is 7.41. The molecule has 1 aliphatic rings. The number of rotatable bonds is 4. The molecule has 0 radical (unpaired) electrons. The first-order chi connectivity index (χ1) is 11.5. The Morgan fingerprint density at radius 3 is 2.88 bits per heavy atom. The zero-order chi connectivity index (χ0) is 16.7. The van der Waals surface area contributed by atoms with Gasteiger partial charge in [0, 0.05) is 17.7 Å². The lowest BCUT2D eigenvalue weighted by atomic mass is 10.1. The fourth-order valence-electron chi connectivity index (χ4n) is 2.65. The van der Waals surface area contributed by atoms with Gasteiger partial charge in [-0.3, -0.25) is 9.71 Å². The summed E-state index contributed by atoms with van der Waals surface area (Å²) in [4.78, 5) is 7.82. The van der Waals surface area contributed by atoms with E-state index in [0.717, 1.165) is 39.5 Å². The first-order valence-corrected chi connectivity index (χ1v) is 10.8. The summed E-state index contributed by atoms with van der Waals surface area (Å²) in [7, 11) is -3.58. The summed E-state index contributed by atoms with van der Waals surface area (Å²) in [6.45, 7) is 2.72. The number of H-pyrrole nitrogens is 1. The van der Waals surface area contributed by atoms with Crippen molar-refractivity contribution in [3.8, 4) is 0 Å². The number of benzene rings is 1. The van der Waals surface area contributed by atoms with Crippen LogP contribution in [0.5, 0.6) is 0 Å². The molecule has 3 aromatic rings. The molecule has 0 spiro atoms. The number of aryl methyl sites for hydroxylation is 1. The summed E-state index contributed by atoms with van der Waals surface area (Å²) in [5, 5.41) is 3.70. The molecule has 1 aromatic carbocycles. The standard InChI is InChI=1S/C16H15N3O2S3/c1-10-4-5-11-9-12(16-17-6-8-23-16)18-15(11)14(10)19-24(20,21)13-3-2-7-22-13/h2-5,7,9,18-19H,6,8H2,1H3. The number of anilines is 1. The van der Waals surface area contributed by atoms with Crippen molar-refractivity contribution in [2.24, 2.45) is 4.99 Å². The lowest BCUT2D eigenvalue weighted by Crippen LogP contribution is -2.12. The van der Waals surface area contributed by atoms with Gasteiger partial charge in [0.1, 0.15) is 9.25 Å². The first kappa shape index (κ1) is 15.7. The van der Waals surface area contributed by atoms with Gasteiger partial charge in [-0.05, 0) is 30.0 Å². The van der Waals surface area contributed by atoms with E-state index >= 15 is 0 Å². The van der Waals surface area contributed by atoms with Crippen LogP contribution in [0.2, 0.25) is 0 Å². The maximum absolute atomic E-state index is 12.6. The SMILES string of the molecule is Cc1ccc2cc(C3=NCCS3)[nH]c2c1NS(=O)(=O)c1cccs1. The number of sulfonamides is 1. The molecule has 0 atom stereocenters. The zero-order valence-corrected chi connectivity index (χ0v) is 15.3. The van der Waals surface area contributed by atoms with E-state index in [-0.39, 0.29) is 0 Å². The Balaban J connectivity index is 1.81. The van der Waals surface area contributed by atoms with E-state index in [1.807, 2.05) is 25.1 Å². The normalized spacial score (nSPS) is 15.0. The molecule has 24 heavy (non-hydrogen) atoms. The molecule has 4 rings (SSSR count). The largest absolute Gasteiger partial charge is 0.351 e. The predicted octanol–water partition coefficient (Wildman–Crippen LogP) is 3.83. The maximum atomic E-state index is 12.6. The van der Waals surface area contributed by atoms with Crippen molar-refractivity contribution in [1.82, 2.24) is 4.98 Å². The van der Waals surface area contributed by atoms with Gasteiger partial charge in [-0.15, -0.1) is 23.1 Å². The number of aromatic amines is 1. The summed E-state index contributed by atoms with van der Waals surface area (Å²) in [6.07, 6.45) is 0. The van der Waals surface area contributed by atoms with Crippen LogP contribution in [0, 0.1) is 6.92 Å². The van der Waals surface area contributed by atoms with Crippen molar-refractivity contribution in [3.05, 3.63) is 47.0 Å². The van der Waals surface area contributed by atoms with Crippen LogP contribution in [0.3, 0.4) is 0 Å². The Labute approximate surface area is 148 Å². The molecule has 0 fully saturated rings. The third kappa shape index (κ3) is 2.74. The van der Waals surface area contributed by atoms with E-state index in [1.54, 1.807) is 29.3 Å². The lowest BCUT2D eigenvalue weighted by Gasteiger charge is -2.10. The molecule has 0 saturated carbocycles. The number of nitrogens with one attached hydrogen (secondary N) is 2. The maximum Gasteiger partial charge on any atom is 0.271 e. The average Bonchev–Trinajstić information content (AvgIpc) is 3.31. The molecule has 124 valence electrons. The molecule has 0 unspecified atom stereocenters. The number of thiophene rings is 1. The van der Waals surface area contributed by atoms with Crippen LogP contribution in [0.4, 0.5) is 5.69 Å². The monoisotopic (exact) mass is 377 g/mol. The number of nitrogens with zero attached hydrogens (tertiary/aromatic N) is 1. The number of hydrogen-bond donors (Lipinski definition) is 2. The van der Waals surface area contributed by atoms with Gasteiger partial charge in [0.05, 0.1) is 16.9 Å². The average molecular weight is 378 g/mol. The highest BCUT2D eigenvalue weighted by molar-refractivity contribution is 8.14. The Bertz CT molecular complexity index is 1030. The fourth-order valence-corrected chi connectivity index (χ4v) is 5.61. The molecule has 5 nitrogen and oxygen atoms in total. The van der Waals surface area contributed by atoms with Crippen LogP contribution in [-0.2, 0) is 10.0 Å². The Hall–Kier alpha value is -1.77. The van der Waals surface area contributed by atoms with Gasteiger partial charge in [-0.2, -0.15) is 0 Å². The van der Waals surface area contributed by atoms with Gasteiger partial charge in [0.2, 0.25) is 0 Å². The molecule has 2 N–H and O–H groups in total. The van der Waals surface area contributed by atoms with Crippen molar-refractivity contribution in [2.45, 2.75) is 11.1 Å². The second kappa shape index (κ2) is 5.94. The van der Waals surface area contributed by atoms with Gasteiger partial charge >= 0.3 is 0 Å². The minimum atomic E-state index is -3.58. The van der Waals surface area contributed by atoms with Crippen LogP contribution < -0.4 is 4.72 Å². The Morgan fingerprint density at radius 2 is 2.17 bits per heavy atom. The van der Waals surface area contributed by atoms with Crippen LogP contribution in [0.25, 0.3) is 10.9 Å². The molecule has 8 heteroatoms. The van der Waals surface area contributed by atoms with Gasteiger partial charge in [-0.1, -0.05) is 18.2 Å². The van der Waals surface area contributed by atoms with Gasteiger partial charge in [-0.25, -0.2) is 8.42 Å². The highest BCUT2D eigenvalue weighted by atomic mass is 32.2. The van der Waals surface area contributed by atoms with Gasteiger partial charge in [0.15, 0.2) is 0 Å². The molecule has 0 saturated heterocycles. The van der Waals surface area contributed by atoms with Crippen molar-refractivity contribution >= 4 is 54.8 Å². The second-order valence-corrected chi connectivity index (χ2v) is 9.42. The minimum absolute atomic E-state index is 0.307. The third-order valence-electron chi connectivity index (χ3n) is 3.82. The van der Waals surface area contributed by atoms with Crippen LogP contribution in [0.15, 0.2) is 44.9 Å². The van der Waals surface area contributed by atoms with Crippen LogP contribution >= 0.6 is 23.1 Å². The van der Waals surface area contributed by atoms with Crippen molar-refractivity contribution in [1.29, 1.82) is 0 Å². The molecule has 3 heterocycles. The molecular formula is C16H15N3O2S3. The smallest absolute Gasteiger partial charge is 0.271 e. The van der Waals surface area contributed by atoms with E-state index in [4.69, 9.17) is 0 Å². The topological polar surface area (TPSA) is 74.3 Å². The second-order valence-electron chi connectivity index (χ2n) is 5.48. The van der Waals surface area contributed by atoms with E-state index in [2.05, 4.69) is 14.7 Å². The number of fused-ring (bicyclic) bond motifs is 1. The number of thioether (sulfide) groups is 1. The summed E-state index contributed by atoms with van der Waals surface area (Å²) < 4.78 is 28.2. The summed E-state index contributed by atoms with van der Waals surface area (Å²) in [6, 6.07) is 9.28. The molecule has 1 aliphatic heterocycles. The van der Waals surface area contributed by atoms with Crippen LogP contribution in [0.1, 0.15) is 11.3 Å². The van der Waals surface area contributed by atoms with Crippen molar-refractivity contribution in [3.63, 3.8) is 0 Å². The molecule has 0 aliphatic carbocycles. The highest BCUT2D eigenvalue weighted by Crippen LogP contribution is 2.32. The van der Waals surface area contributed by atoms with E-state index in [0.29, 0.717) is 9.90 Å². The number of hydrogen-bond acceptors (Lipinski definition) is 5. The summed E-state index contributed by atoms with van der Waals surface area (Å²) in [5.74, 6) is 0.988. The van der Waals surface area contributed by atoms with E-state index < -0.39 is 10.0 Å². The third-order valence-corrected chi connectivity index (χ3v) is 7.57. The Morgan fingerprint density at radius 1 is 1.29 bits per heavy atom.